The Hall–Kier alpha value is -1.44. The van der Waals surface area contributed by atoms with Gasteiger partial charge < -0.3 is 4.84 Å². The van der Waals surface area contributed by atoms with Crippen LogP contribution in [0.3, 0.4) is 0 Å². The van der Waals surface area contributed by atoms with Crippen molar-refractivity contribution in [3.63, 3.8) is 0 Å². The summed E-state index contributed by atoms with van der Waals surface area (Å²) in [5.41, 5.74) is 2.25. The van der Waals surface area contributed by atoms with E-state index in [0.29, 0.717) is 0 Å². The van der Waals surface area contributed by atoms with E-state index in [9.17, 15) is 0 Å². The number of aryl methyl sites for hydroxylation is 1. The third-order valence-corrected chi connectivity index (χ3v) is 2.02. The van der Waals surface area contributed by atoms with Gasteiger partial charge in [-0.25, -0.2) is 0 Å². The minimum absolute atomic E-state index is 1.12. The molecule has 0 N–H and O–H groups in total. The van der Waals surface area contributed by atoms with Crippen LogP contribution < -0.4 is 4.84 Å². The number of nitrogens with zero attached hydrogens (tertiary/aromatic N) is 1. The molecule has 2 nitrogen and oxygen atoms in total. The second kappa shape index (κ2) is 2.55. The van der Waals surface area contributed by atoms with E-state index < -0.39 is 0 Å². The fourth-order valence-corrected chi connectivity index (χ4v) is 1.51. The van der Waals surface area contributed by atoms with Crippen LogP contribution in [-0.4, -0.2) is 11.8 Å². The van der Waals surface area contributed by atoms with Crippen molar-refractivity contribution in [2.24, 2.45) is 0 Å². The number of hydrogen-bond donors (Lipinski definition) is 0. The van der Waals surface area contributed by atoms with Gasteiger partial charge in [0, 0.05) is 5.39 Å². The maximum absolute atomic E-state index is 5.21. The van der Waals surface area contributed by atoms with Crippen molar-refractivity contribution in [3.8, 4) is 0 Å². The summed E-state index contributed by atoms with van der Waals surface area (Å²) in [4.78, 5) is 5.21. The molecule has 0 radical (unpaired) electrons. The maximum atomic E-state index is 5.21. The van der Waals surface area contributed by atoms with E-state index in [1.54, 1.807) is 7.11 Å². The topological polar surface area (TPSA) is 14.2 Å². The smallest absolute Gasteiger partial charge is 0.104 e. The minimum atomic E-state index is 1.12. The summed E-state index contributed by atoms with van der Waals surface area (Å²) in [6.45, 7) is 2.03. The molecule has 2 aromatic rings. The van der Waals surface area contributed by atoms with Gasteiger partial charge in [0.05, 0.1) is 11.2 Å². The number of benzene rings is 1. The highest BCUT2D eigenvalue weighted by molar-refractivity contribution is 5.80. The molecular weight excluding hydrogens is 150 g/mol. The monoisotopic (exact) mass is 161 g/mol. The van der Waals surface area contributed by atoms with Gasteiger partial charge in [0.1, 0.15) is 7.11 Å². The van der Waals surface area contributed by atoms with E-state index in [1.165, 1.54) is 5.39 Å². The number of para-hydroxylation sites is 1. The summed E-state index contributed by atoms with van der Waals surface area (Å²) in [6.07, 6.45) is 0. The third kappa shape index (κ3) is 0.881. The molecule has 0 aliphatic carbocycles. The largest absolute Gasteiger partial charge is 0.417 e. The Balaban J connectivity index is 2.81. The number of hydrogen-bond acceptors (Lipinski definition) is 1. The highest BCUT2D eigenvalue weighted by atomic mass is 16.6. The molecule has 0 aliphatic heterocycles. The fraction of sp³-hybridized carbons (Fsp3) is 0.200. The predicted molar refractivity (Wildman–Crippen MR) is 49.2 cm³/mol. The minimum Gasteiger partial charge on any atom is -0.417 e. The predicted octanol–water partition coefficient (Wildman–Crippen LogP) is 2.01. The van der Waals surface area contributed by atoms with E-state index in [4.69, 9.17) is 4.84 Å². The van der Waals surface area contributed by atoms with Gasteiger partial charge in [-0.05, 0) is 19.1 Å². The molecule has 0 aliphatic rings. The lowest BCUT2D eigenvalue weighted by Crippen LogP contribution is -2.06. The first-order chi connectivity index (χ1) is 5.83. The van der Waals surface area contributed by atoms with Crippen molar-refractivity contribution in [1.82, 2.24) is 4.73 Å². The van der Waals surface area contributed by atoms with Crippen LogP contribution in [0.4, 0.5) is 0 Å². The summed E-state index contributed by atoms with van der Waals surface area (Å²) in [5, 5.41) is 1.22. The molecular formula is C10H11NO. The van der Waals surface area contributed by atoms with Crippen molar-refractivity contribution >= 4 is 10.9 Å². The lowest BCUT2D eigenvalue weighted by atomic mass is 10.2. The molecule has 2 heteroatoms. The molecule has 2 rings (SSSR count). The Morgan fingerprint density at radius 1 is 1.25 bits per heavy atom. The fourth-order valence-electron chi connectivity index (χ4n) is 1.51. The normalized spacial score (nSPS) is 10.5. The lowest BCUT2D eigenvalue weighted by molar-refractivity contribution is 0.174. The van der Waals surface area contributed by atoms with Crippen molar-refractivity contribution in [1.29, 1.82) is 0 Å². The van der Waals surface area contributed by atoms with Crippen LogP contribution in [0.1, 0.15) is 5.69 Å². The molecule has 1 aromatic heterocycles. The molecule has 62 valence electrons. The molecule has 0 unspecified atom stereocenters. The van der Waals surface area contributed by atoms with E-state index in [2.05, 4.69) is 12.1 Å². The summed E-state index contributed by atoms with van der Waals surface area (Å²) in [7, 11) is 1.68. The van der Waals surface area contributed by atoms with Gasteiger partial charge in [0.2, 0.25) is 0 Å². The van der Waals surface area contributed by atoms with Crippen molar-refractivity contribution in [3.05, 3.63) is 36.0 Å². The van der Waals surface area contributed by atoms with Crippen LogP contribution in [0.25, 0.3) is 10.9 Å². The van der Waals surface area contributed by atoms with Crippen LogP contribution in [0.2, 0.25) is 0 Å². The molecule has 0 atom stereocenters. The molecule has 0 saturated carbocycles. The standard InChI is InChI=1S/C10H11NO/c1-8-7-9-5-3-4-6-10(9)11(8)12-2/h3-7H,1-2H3. The Bertz CT molecular complexity index is 403. The number of aromatic nitrogens is 1. The first-order valence-corrected chi connectivity index (χ1v) is 3.94. The van der Waals surface area contributed by atoms with E-state index in [1.807, 2.05) is 29.9 Å². The Morgan fingerprint density at radius 2 is 2.00 bits per heavy atom. The van der Waals surface area contributed by atoms with Gasteiger partial charge in [0.15, 0.2) is 0 Å². The second-order valence-electron chi connectivity index (χ2n) is 2.82. The molecule has 0 saturated heterocycles. The van der Waals surface area contributed by atoms with E-state index >= 15 is 0 Å². The number of fused-ring (bicyclic) bond motifs is 1. The van der Waals surface area contributed by atoms with Gasteiger partial charge in [-0.1, -0.05) is 18.2 Å². The van der Waals surface area contributed by atoms with Crippen LogP contribution in [-0.2, 0) is 0 Å². The van der Waals surface area contributed by atoms with Crippen LogP contribution in [0, 0.1) is 6.92 Å². The number of rotatable bonds is 1. The van der Waals surface area contributed by atoms with E-state index in [-0.39, 0.29) is 0 Å². The molecule has 0 fully saturated rings. The van der Waals surface area contributed by atoms with Crippen LogP contribution in [0.15, 0.2) is 30.3 Å². The van der Waals surface area contributed by atoms with Crippen LogP contribution in [0.5, 0.6) is 0 Å². The Kier molecular flexibility index (Phi) is 1.54. The van der Waals surface area contributed by atoms with Crippen molar-refractivity contribution in [2.45, 2.75) is 6.92 Å². The van der Waals surface area contributed by atoms with Crippen molar-refractivity contribution in [2.75, 3.05) is 7.11 Å². The highest BCUT2D eigenvalue weighted by Crippen LogP contribution is 2.17. The van der Waals surface area contributed by atoms with E-state index in [0.717, 1.165) is 11.2 Å². The Morgan fingerprint density at radius 3 is 2.75 bits per heavy atom. The zero-order valence-electron chi connectivity index (χ0n) is 7.24. The highest BCUT2D eigenvalue weighted by Gasteiger charge is 2.02. The average molecular weight is 161 g/mol. The molecule has 1 heterocycles. The second-order valence-corrected chi connectivity index (χ2v) is 2.82. The summed E-state index contributed by atoms with van der Waals surface area (Å²) >= 11 is 0. The van der Waals surface area contributed by atoms with Gasteiger partial charge in [-0.2, -0.15) is 4.73 Å². The zero-order valence-corrected chi connectivity index (χ0v) is 7.24. The molecule has 12 heavy (non-hydrogen) atoms. The van der Waals surface area contributed by atoms with Gasteiger partial charge >= 0.3 is 0 Å². The quantitative estimate of drug-likeness (QED) is 0.624. The Labute approximate surface area is 71.3 Å². The van der Waals surface area contributed by atoms with Gasteiger partial charge in [0.25, 0.3) is 0 Å². The summed E-state index contributed by atoms with van der Waals surface area (Å²) in [6, 6.07) is 10.3. The molecule has 0 bridgehead atoms. The SMILES string of the molecule is COn1c(C)cc2ccccc21. The van der Waals surface area contributed by atoms with Gasteiger partial charge in [-0.15, -0.1) is 0 Å². The lowest BCUT2D eigenvalue weighted by Gasteiger charge is -2.03. The summed E-state index contributed by atoms with van der Waals surface area (Å²) < 4.78 is 1.83. The molecule has 0 spiro atoms. The molecule has 1 aromatic carbocycles. The maximum Gasteiger partial charge on any atom is 0.104 e. The first kappa shape index (κ1) is 7.22. The zero-order chi connectivity index (χ0) is 8.55. The summed E-state index contributed by atoms with van der Waals surface area (Å²) in [5.74, 6) is 0. The first-order valence-electron chi connectivity index (χ1n) is 3.94. The van der Waals surface area contributed by atoms with Crippen molar-refractivity contribution < 1.29 is 4.84 Å². The average Bonchev–Trinajstić information content (AvgIpc) is 2.40. The molecule has 0 amide bonds. The third-order valence-electron chi connectivity index (χ3n) is 2.02. The van der Waals surface area contributed by atoms with Gasteiger partial charge in [-0.3, -0.25) is 0 Å². The van der Waals surface area contributed by atoms with Crippen LogP contribution >= 0.6 is 0 Å².